The number of furan rings is 2. The van der Waals surface area contributed by atoms with Crippen molar-refractivity contribution in [3.05, 3.63) is 212 Å². The van der Waals surface area contributed by atoms with Gasteiger partial charge in [-0.1, -0.05) is 164 Å². The van der Waals surface area contributed by atoms with Crippen molar-refractivity contribution >= 4 is 60.9 Å². The van der Waals surface area contributed by atoms with Gasteiger partial charge < -0.3 is 13.7 Å². The molecule has 0 aliphatic rings. The molecule has 0 amide bonds. The molecule has 0 atom stereocenters. The van der Waals surface area contributed by atoms with Crippen LogP contribution < -0.4 is 4.90 Å². The van der Waals surface area contributed by atoms with Gasteiger partial charge in [0.2, 0.25) is 0 Å². The predicted molar refractivity (Wildman–Crippen MR) is 237 cm³/mol. The molecule has 11 aromatic rings. The lowest BCUT2D eigenvalue weighted by molar-refractivity contribution is 0.668. The Morgan fingerprint density at radius 3 is 1.58 bits per heavy atom. The van der Waals surface area contributed by atoms with Gasteiger partial charge in [-0.15, -0.1) is 0 Å². The van der Waals surface area contributed by atoms with Crippen LogP contribution in [0.15, 0.2) is 221 Å². The van der Waals surface area contributed by atoms with E-state index in [9.17, 15) is 0 Å². The second-order valence-corrected chi connectivity index (χ2v) is 14.4. The number of hydrogen-bond donors (Lipinski definition) is 0. The minimum absolute atomic E-state index is 0.838. The van der Waals surface area contributed by atoms with Crippen LogP contribution in [0.25, 0.3) is 88.4 Å². The molecule has 11 rings (SSSR count). The van der Waals surface area contributed by atoms with E-state index >= 15 is 0 Å². The summed E-state index contributed by atoms with van der Waals surface area (Å²) in [7, 11) is 0. The zero-order valence-electron chi connectivity index (χ0n) is 31.0. The summed E-state index contributed by atoms with van der Waals surface area (Å²) in [6, 6.07) is 75.2. The van der Waals surface area contributed by atoms with Gasteiger partial charge in [-0.25, -0.2) is 0 Å². The summed E-state index contributed by atoms with van der Waals surface area (Å²) >= 11 is 0. The van der Waals surface area contributed by atoms with Crippen molar-refractivity contribution in [3.8, 4) is 44.5 Å². The van der Waals surface area contributed by atoms with Gasteiger partial charge in [0.25, 0.3) is 0 Å². The Kier molecular flexibility index (Phi) is 7.82. The molecule has 0 saturated carbocycles. The third-order valence-corrected chi connectivity index (χ3v) is 11.1. The zero-order valence-corrected chi connectivity index (χ0v) is 31.0. The summed E-state index contributed by atoms with van der Waals surface area (Å²) in [5, 5.41) is 4.43. The number of hydrogen-bond acceptors (Lipinski definition) is 3. The lowest BCUT2D eigenvalue weighted by Gasteiger charge is -2.30. The molecule has 0 fully saturated rings. The van der Waals surface area contributed by atoms with Crippen molar-refractivity contribution in [2.45, 2.75) is 0 Å². The van der Waals surface area contributed by atoms with E-state index in [1.54, 1.807) is 0 Å². The highest BCUT2D eigenvalue weighted by Gasteiger charge is 2.25. The smallest absolute Gasteiger partial charge is 0.159 e. The van der Waals surface area contributed by atoms with E-state index in [1.165, 1.54) is 11.1 Å². The molecular weight excluding hydrogens is 695 g/mol. The SMILES string of the molecule is c1ccc(-c2ccccc2-c2c(-c3ccccc3)cccc2N(c2ccc(-c3ccc4c(c3)oc3ccccc34)cc2)c2cccc3c2oc2ccccc23)cc1. The van der Waals surface area contributed by atoms with Crippen LogP contribution in [0.3, 0.4) is 0 Å². The number of fused-ring (bicyclic) bond motifs is 6. The van der Waals surface area contributed by atoms with E-state index in [0.29, 0.717) is 0 Å². The number of anilines is 3. The first-order chi connectivity index (χ1) is 28.3. The Balaban J connectivity index is 1.16. The van der Waals surface area contributed by atoms with Crippen molar-refractivity contribution in [2.24, 2.45) is 0 Å². The normalized spacial score (nSPS) is 11.5. The molecule has 0 spiro atoms. The topological polar surface area (TPSA) is 29.5 Å². The Hall–Kier alpha value is -7.62. The zero-order chi connectivity index (χ0) is 37.7. The highest BCUT2D eigenvalue weighted by molar-refractivity contribution is 6.12. The Bertz CT molecular complexity index is 3230. The van der Waals surface area contributed by atoms with Crippen LogP contribution >= 0.6 is 0 Å². The number of benzene rings is 9. The summed E-state index contributed by atoms with van der Waals surface area (Å²) in [4.78, 5) is 2.38. The predicted octanol–water partition coefficient (Wildman–Crippen LogP) is 15.6. The summed E-state index contributed by atoms with van der Waals surface area (Å²) in [6.45, 7) is 0. The molecule has 0 aliphatic heterocycles. The monoisotopic (exact) mass is 729 g/mol. The fourth-order valence-corrected chi connectivity index (χ4v) is 8.46. The first-order valence-corrected chi connectivity index (χ1v) is 19.3. The standard InChI is InChI=1S/C54H35NO2/c1-3-15-37(16-4-1)41-19-7-8-22-46(41)53-42(38-17-5-2-6-18-38)23-13-25-48(53)55(49-26-14-24-47-44-21-10-12-28-51(44)57-54(47)49)40-32-29-36(30-33-40)39-31-34-45-43-20-9-11-27-50(43)56-52(45)35-39/h1-35H. The van der Waals surface area contributed by atoms with Crippen molar-refractivity contribution in [3.63, 3.8) is 0 Å². The average molecular weight is 730 g/mol. The molecule has 0 radical (unpaired) electrons. The van der Waals surface area contributed by atoms with Crippen molar-refractivity contribution < 1.29 is 8.83 Å². The van der Waals surface area contributed by atoms with Gasteiger partial charge >= 0.3 is 0 Å². The Morgan fingerprint density at radius 1 is 0.298 bits per heavy atom. The molecule has 0 aliphatic carbocycles. The third-order valence-electron chi connectivity index (χ3n) is 11.1. The van der Waals surface area contributed by atoms with Crippen molar-refractivity contribution in [2.75, 3.05) is 4.90 Å². The molecule has 3 heteroatoms. The van der Waals surface area contributed by atoms with Crippen LogP contribution in [-0.2, 0) is 0 Å². The molecule has 268 valence electrons. The number of nitrogens with zero attached hydrogens (tertiary/aromatic N) is 1. The van der Waals surface area contributed by atoms with Crippen LogP contribution in [0.1, 0.15) is 0 Å². The minimum Gasteiger partial charge on any atom is -0.456 e. The second-order valence-electron chi connectivity index (χ2n) is 14.4. The first kappa shape index (κ1) is 32.8. The number of para-hydroxylation sites is 3. The maximum absolute atomic E-state index is 6.77. The number of rotatable bonds is 7. The van der Waals surface area contributed by atoms with Gasteiger partial charge in [-0.2, -0.15) is 0 Å². The van der Waals surface area contributed by atoms with Crippen LogP contribution in [0.5, 0.6) is 0 Å². The van der Waals surface area contributed by atoms with Gasteiger partial charge in [-0.3, -0.25) is 0 Å². The molecule has 0 N–H and O–H groups in total. The molecular formula is C54H35NO2. The minimum atomic E-state index is 0.838. The summed E-state index contributed by atoms with van der Waals surface area (Å²) in [5.41, 5.74) is 15.6. The van der Waals surface area contributed by atoms with Crippen LogP contribution in [0.2, 0.25) is 0 Å². The van der Waals surface area contributed by atoms with Gasteiger partial charge in [-0.05, 0) is 87.5 Å². The second kappa shape index (κ2) is 13.6. The molecule has 0 unspecified atom stereocenters. The van der Waals surface area contributed by atoms with Gasteiger partial charge in [0.1, 0.15) is 16.7 Å². The van der Waals surface area contributed by atoms with Crippen LogP contribution in [0.4, 0.5) is 17.1 Å². The third kappa shape index (κ3) is 5.60. The van der Waals surface area contributed by atoms with Crippen molar-refractivity contribution in [1.29, 1.82) is 0 Å². The molecule has 2 aromatic heterocycles. The molecule has 57 heavy (non-hydrogen) atoms. The van der Waals surface area contributed by atoms with E-state index < -0.39 is 0 Å². The Labute approximate surface area is 330 Å². The van der Waals surface area contributed by atoms with Crippen molar-refractivity contribution in [1.82, 2.24) is 0 Å². The maximum Gasteiger partial charge on any atom is 0.159 e. The van der Waals surface area contributed by atoms with Gasteiger partial charge in [0, 0.05) is 32.8 Å². The summed E-state index contributed by atoms with van der Waals surface area (Å²) < 4.78 is 13.1. The molecule has 3 nitrogen and oxygen atoms in total. The van der Waals surface area contributed by atoms with Gasteiger partial charge in [0.15, 0.2) is 5.58 Å². The van der Waals surface area contributed by atoms with Crippen LogP contribution in [-0.4, -0.2) is 0 Å². The fraction of sp³-hybridized carbons (Fsp3) is 0. The maximum atomic E-state index is 6.77. The highest BCUT2D eigenvalue weighted by Crippen LogP contribution is 2.50. The quantitative estimate of drug-likeness (QED) is 0.164. The van der Waals surface area contributed by atoms with E-state index in [0.717, 1.165) is 94.3 Å². The largest absolute Gasteiger partial charge is 0.456 e. The molecule has 9 aromatic carbocycles. The summed E-state index contributed by atoms with van der Waals surface area (Å²) in [5.74, 6) is 0. The lowest BCUT2D eigenvalue weighted by atomic mass is 9.87. The van der Waals surface area contributed by atoms with E-state index in [2.05, 4.69) is 199 Å². The van der Waals surface area contributed by atoms with E-state index in [-0.39, 0.29) is 0 Å². The first-order valence-electron chi connectivity index (χ1n) is 19.3. The molecule has 0 saturated heterocycles. The lowest BCUT2D eigenvalue weighted by Crippen LogP contribution is -2.12. The fourth-order valence-electron chi connectivity index (χ4n) is 8.46. The summed E-state index contributed by atoms with van der Waals surface area (Å²) in [6.07, 6.45) is 0. The van der Waals surface area contributed by atoms with E-state index in [4.69, 9.17) is 8.83 Å². The van der Waals surface area contributed by atoms with Crippen LogP contribution in [0, 0.1) is 0 Å². The van der Waals surface area contributed by atoms with E-state index in [1.807, 2.05) is 18.2 Å². The average Bonchev–Trinajstić information content (AvgIpc) is 3.86. The van der Waals surface area contributed by atoms with Gasteiger partial charge in [0.05, 0.1) is 11.4 Å². The molecule has 2 heterocycles. The molecule has 0 bridgehead atoms. The Morgan fingerprint density at radius 2 is 0.825 bits per heavy atom. The highest BCUT2D eigenvalue weighted by atomic mass is 16.3.